The maximum atomic E-state index is 9.36. The zero-order valence-corrected chi connectivity index (χ0v) is 7.46. The average molecular weight is 246 g/mol. The fourth-order valence-electron chi connectivity index (χ4n) is 0. The number of carbonyl (C=O) groups is 1. The second kappa shape index (κ2) is 11.0. The third-order valence-corrected chi connectivity index (χ3v) is 0.990. The summed E-state index contributed by atoms with van der Waals surface area (Å²) in [5.41, 5.74) is 0. The zero-order valence-electron chi connectivity index (χ0n) is 5.30. The van der Waals surface area contributed by atoms with E-state index >= 15 is 0 Å². The number of aliphatic hydroxyl groups is 1. The Morgan fingerprint density at radius 3 is 1.89 bits per heavy atom. The zero-order chi connectivity index (χ0) is 7.70. The first kappa shape index (κ1) is 11.9. The van der Waals surface area contributed by atoms with Crippen molar-refractivity contribution in [1.82, 2.24) is 0 Å². The van der Waals surface area contributed by atoms with Crippen molar-refractivity contribution >= 4 is 28.6 Å². The van der Waals surface area contributed by atoms with Crippen LogP contribution in [-0.4, -0.2) is 27.2 Å². The van der Waals surface area contributed by atoms with E-state index in [9.17, 15) is 4.79 Å². The molecule has 0 atom stereocenters. The van der Waals surface area contributed by atoms with Gasteiger partial charge in [-0.05, 0) is 6.42 Å². The summed E-state index contributed by atoms with van der Waals surface area (Å²) >= 11 is 1.78. The minimum atomic E-state index is -0.759. The van der Waals surface area contributed by atoms with E-state index in [4.69, 9.17) is 10.2 Å². The Labute approximate surface area is 68.2 Å². The predicted molar refractivity (Wildman–Crippen MR) is 43.9 cm³/mol. The number of alkyl halides is 1. The predicted octanol–water partition coefficient (Wildman–Crippen LogP) is 0.895. The third kappa shape index (κ3) is 31.0. The van der Waals surface area contributed by atoms with Gasteiger partial charge >= 0.3 is 5.97 Å². The van der Waals surface area contributed by atoms with Crippen LogP contribution in [0.5, 0.6) is 0 Å². The summed E-state index contributed by atoms with van der Waals surface area (Å²) in [6.45, 7) is 2.25. The van der Waals surface area contributed by atoms with Gasteiger partial charge in [-0.15, -0.1) is 0 Å². The quantitative estimate of drug-likeness (QED) is 0.562. The fourth-order valence-corrected chi connectivity index (χ4v) is 0. The van der Waals surface area contributed by atoms with Gasteiger partial charge in [0.05, 0.1) is 4.43 Å². The molecule has 3 nitrogen and oxygen atoms in total. The molecule has 2 N–H and O–H groups in total. The molecule has 0 rings (SSSR count). The van der Waals surface area contributed by atoms with Crippen LogP contribution in [0.25, 0.3) is 0 Å². The van der Waals surface area contributed by atoms with Crippen LogP contribution >= 0.6 is 22.6 Å². The highest BCUT2D eigenvalue weighted by atomic mass is 127. The summed E-state index contributed by atoms with van der Waals surface area (Å²) in [5.74, 6) is -0.759. The summed E-state index contributed by atoms with van der Waals surface area (Å²) in [7, 11) is 0. The van der Waals surface area contributed by atoms with Crippen LogP contribution in [0.15, 0.2) is 0 Å². The number of hydrogen-bond acceptors (Lipinski definition) is 2. The third-order valence-electron chi connectivity index (χ3n) is 0.338. The molecule has 9 heavy (non-hydrogen) atoms. The van der Waals surface area contributed by atoms with Crippen molar-refractivity contribution in [1.29, 1.82) is 0 Å². The normalized spacial score (nSPS) is 7.44. The number of halogens is 1. The average Bonchev–Trinajstić information content (AvgIpc) is 1.89. The van der Waals surface area contributed by atoms with E-state index in [0.29, 0.717) is 6.61 Å². The van der Waals surface area contributed by atoms with Crippen LogP contribution < -0.4 is 0 Å². The van der Waals surface area contributed by atoms with E-state index in [0.717, 1.165) is 6.42 Å². The molecule has 0 aliphatic rings. The number of rotatable bonds is 2. The van der Waals surface area contributed by atoms with E-state index in [1.165, 1.54) is 0 Å². The largest absolute Gasteiger partial charge is 0.481 e. The molecule has 0 aromatic carbocycles. The Balaban J connectivity index is 0. The van der Waals surface area contributed by atoms with Crippen LogP contribution in [0.2, 0.25) is 0 Å². The maximum Gasteiger partial charge on any atom is 0.313 e. The van der Waals surface area contributed by atoms with Crippen molar-refractivity contribution < 1.29 is 15.0 Å². The molecule has 0 aliphatic heterocycles. The smallest absolute Gasteiger partial charge is 0.313 e. The van der Waals surface area contributed by atoms with E-state index in [1.807, 2.05) is 6.92 Å². The van der Waals surface area contributed by atoms with Crippen molar-refractivity contribution in [3.63, 3.8) is 0 Å². The molecule has 0 heterocycles. The SMILES string of the molecule is CCCO.O=C(O)CI. The van der Waals surface area contributed by atoms with Gasteiger partial charge in [0, 0.05) is 6.61 Å². The lowest BCUT2D eigenvalue weighted by Crippen LogP contribution is -1.91. The maximum absolute atomic E-state index is 9.36. The molecule has 0 aliphatic carbocycles. The minimum Gasteiger partial charge on any atom is -0.481 e. The summed E-state index contributed by atoms with van der Waals surface area (Å²) in [6.07, 6.45) is 0.875. The van der Waals surface area contributed by atoms with Crippen LogP contribution in [0.4, 0.5) is 0 Å². The van der Waals surface area contributed by atoms with Gasteiger partial charge < -0.3 is 10.2 Å². The van der Waals surface area contributed by atoms with Crippen LogP contribution in [-0.2, 0) is 4.79 Å². The Kier molecular flexibility index (Phi) is 14.6. The topological polar surface area (TPSA) is 57.5 Å². The molecule has 0 bridgehead atoms. The number of hydrogen-bond donors (Lipinski definition) is 2. The van der Waals surface area contributed by atoms with Crippen molar-refractivity contribution in [3.05, 3.63) is 0 Å². The van der Waals surface area contributed by atoms with E-state index in [1.54, 1.807) is 22.6 Å². The molecule has 0 saturated heterocycles. The lowest BCUT2D eigenvalue weighted by atomic mass is 10.5. The highest BCUT2D eigenvalue weighted by Gasteiger charge is 1.82. The van der Waals surface area contributed by atoms with Crippen LogP contribution in [0.1, 0.15) is 13.3 Å². The number of aliphatic carboxylic acids is 1. The van der Waals surface area contributed by atoms with E-state index < -0.39 is 5.97 Å². The van der Waals surface area contributed by atoms with Gasteiger partial charge in [-0.1, -0.05) is 29.5 Å². The Morgan fingerprint density at radius 2 is 1.89 bits per heavy atom. The first-order chi connectivity index (χ1) is 4.18. The van der Waals surface area contributed by atoms with Gasteiger partial charge in [-0.2, -0.15) is 0 Å². The Bertz CT molecular complexity index is 63.2. The summed E-state index contributed by atoms with van der Waals surface area (Å²) in [6, 6.07) is 0. The molecule has 0 unspecified atom stereocenters. The Morgan fingerprint density at radius 1 is 1.67 bits per heavy atom. The molecule has 56 valence electrons. The van der Waals surface area contributed by atoms with Gasteiger partial charge in [0.1, 0.15) is 0 Å². The lowest BCUT2D eigenvalue weighted by molar-refractivity contribution is -0.133. The molecule has 0 amide bonds. The Hall–Kier alpha value is 0.160. The molecule has 0 aromatic heterocycles. The van der Waals surface area contributed by atoms with Crippen molar-refractivity contribution in [2.45, 2.75) is 13.3 Å². The van der Waals surface area contributed by atoms with E-state index in [2.05, 4.69) is 0 Å². The number of aliphatic hydroxyl groups excluding tert-OH is 1. The van der Waals surface area contributed by atoms with Gasteiger partial charge in [0.25, 0.3) is 0 Å². The summed E-state index contributed by atoms with van der Waals surface area (Å²) in [4.78, 5) is 9.36. The number of carboxylic acid groups (broad SMARTS) is 1. The summed E-state index contributed by atoms with van der Waals surface area (Å²) < 4.78 is 0.192. The molecule has 0 aromatic rings. The first-order valence-electron chi connectivity index (χ1n) is 2.57. The fraction of sp³-hybridized carbons (Fsp3) is 0.800. The minimum absolute atomic E-state index is 0.192. The molecule has 4 heteroatoms. The van der Waals surface area contributed by atoms with E-state index in [-0.39, 0.29) is 4.43 Å². The molecular weight excluding hydrogens is 235 g/mol. The second-order valence-electron chi connectivity index (χ2n) is 1.25. The van der Waals surface area contributed by atoms with Gasteiger partial charge in [-0.25, -0.2) is 0 Å². The monoisotopic (exact) mass is 246 g/mol. The molecule has 0 saturated carbocycles. The van der Waals surface area contributed by atoms with Crippen LogP contribution in [0.3, 0.4) is 0 Å². The summed E-state index contributed by atoms with van der Waals surface area (Å²) in [5, 5.41) is 15.6. The van der Waals surface area contributed by atoms with Crippen molar-refractivity contribution in [2.75, 3.05) is 11.0 Å². The van der Waals surface area contributed by atoms with Crippen molar-refractivity contribution in [3.8, 4) is 0 Å². The first-order valence-corrected chi connectivity index (χ1v) is 4.10. The molecular formula is C5H11IO3. The standard InChI is InChI=1S/C3H8O.C2H3IO2/c1-2-3-4;3-1-2(4)5/h4H,2-3H2,1H3;1H2,(H,4,5). The van der Waals surface area contributed by atoms with Gasteiger partial charge in [-0.3, -0.25) is 4.79 Å². The highest BCUT2D eigenvalue weighted by Crippen LogP contribution is 1.75. The second-order valence-corrected chi connectivity index (χ2v) is 2.01. The molecule has 0 spiro atoms. The molecule has 0 radical (unpaired) electrons. The highest BCUT2D eigenvalue weighted by molar-refractivity contribution is 14.1. The van der Waals surface area contributed by atoms with Crippen LogP contribution in [0, 0.1) is 0 Å². The number of carboxylic acids is 1. The lowest BCUT2D eigenvalue weighted by Gasteiger charge is -1.70. The van der Waals surface area contributed by atoms with Gasteiger partial charge in [0.2, 0.25) is 0 Å². The van der Waals surface area contributed by atoms with Gasteiger partial charge in [0.15, 0.2) is 0 Å². The molecule has 0 fully saturated rings. The van der Waals surface area contributed by atoms with Crippen molar-refractivity contribution in [2.24, 2.45) is 0 Å².